The van der Waals surface area contributed by atoms with Crippen molar-refractivity contribution in [2.24, 2.45) is 7.05 Å². The summed E-state index contributed by atoms with van der Waals surface area (Å²) < 4.78 is 7.70. The van der Waals surface area contributed by atoms with Gasteiger partial charge in [-0.05, 0) is 18.6 Å². The van der Waals surface area contributed by atoms with Gasteiger partial charge >= 0.3 is 0 Å². The quantitative estimate of drug-likeness (QED) is 0.855. The van der Waals surface area contributed by atoms with Crippen molar-refractivity contribution in [1.29, 1.82) is 0 Å². The molecular formula is C13H22N2O2. The number of hydrogen-bond acceptors (Lipinski definition) is 3. The second-order valence-corrected chi connectivity index (χ2v) is 4.69. The van der Waals surface area contributed by atoms with E-state index in [0.29, 0.717) is 6.61 Å². The Labute approximate surface area is 103 Å². The van der Waals surface area contributed by atoms with Crippen LogP contribution in [0.1, 0.15) is 25.1 Å². The topological polar surface area (TPSA) is 37.6 Å². The molecule has 0 amide bonds. The van der Waals surface area contributed by atoms with Gasteiger partial charge in [0.25, 0.3) is 0 Å². The largest absolute Gasteiger partial charge is 0.392 e. The van der Waals surface area contributed by atoms with Gasteiger partial charge in [0, 0.05) is 32.0 Å². The van der Waals surface area contributed by atoms with Gasteiger partial charge in [-0.3, -0.25) is 4.90 Å². The molecule has 96 valence electrons. The number of hydrogen-bond donors (Lipinski definition) is 1. The zero-order chi connectivity index (χ0) is 12.3. The number of β-amino-alcohol motifs (C(OH)–C–C–N with tert-alkyl or cyclic N) is 1. The van der Waals surface area contributed by atoms with Crippen LogP contribution in [0.25, 0.3) is 0 Å². The van der Waals surface area contributed by atoms with E-state index in [2.05, 4.69) is 34.8 Å². The van der Waals surface area contributed by atoms with Crippen LogP contribution in [-0.2, 0) is 11.8 Å². The van der Waals surface area contributed by atoms with Crippen molar-refractivity contribution in [3.05, 3.63) is 24.0 Å². The maximum atomic E-state index is 9.81. The van der Waals surface area contributed by atoms with Gasteiger partial charge in [0.15, 0.2) is 0 Å². The molecule has 1 aliphatic heterocycles. The zero-order valence-electron chi connectivity index (χ0n) is 10.7. The van der Waals surface area contributed by atoms with Crippen molar-refractivity contribution < 1.29 is 9.84 Å². The number of rotatable bonds is 4. The van der Waals surface area contributed by atoms with Crippen LogP contribution in [0.15, 0.2) is 18.3 Å². The summed E-state index contributed by atoms with van der Waals surface area (Å²) in [5.41, 5.74) is 1.26. The smallest absolute Gasteiger partial charge is 0.0739 e. The highest BCUT2D eigenvalue weighted by Crippen LogP contribution is 2.24. The number of aliphatic hydroxyl groups is 1. The summed E-state index contributed by atoms with van der Waals surface area (Å²) >= 11 is 0. The van der Waals surface area contributed by atoms with Gasteiger partial charge < -0.3 is 14.4 Å². The van der Waals surface area contributed by atoms with E-state index in [4.69, 9.17) is 4.74 Å². The van der Waals surface area contributed by atoms with E-state index in [0.717, 1.165) is 26.1 Å². The molecule has 0 spiro atoms. The highest BCUT2D eigenvalue weighted by molar-refractivity contribution is 5.12. The molecule has 1 saturated heterocycles. The van der Waals surface area contributed by atoms with Crippen molar-refractivity contribution in [1.82, 2.24) is 9.47 Å². The molecule has 1 fully saturated rings. The van der Waals surface area contributed by atoms with Crippen LogP contribution in [0.3, 0.4) is 0 Å². The predicted octanol–water partition coefficient (Wildman–Crippen LogP) is 1.17. The maximum Gasteiger partial charge on any atom is 0.0739 e. The Balaban J connectivity index is 2.09. The predicted molar refractivity (Wildman–Crippen MR) is 66.8 cm³/mol. The summed E-state index contributed by atoms with van der Waals surface area (Å²) in [5.74, 6) is 0. The molecule has 4 nitrogen and oxygen atoms in total. The SMILES string of the molecule is CC[C@@H](O)CN1CCOC[C@H]1c1cccn1C. The van der Waals surface area contributed by atoms with Crippen LogP contribution in [0.2, 0.25) is 0 Å². The third kappa shape index (κ3) is 2.89. The van der Waals surface area contributed by atoms with Gasteiger partial charge in [-0.1, -0.05) is 6.92 Å². The van der Waals surface area contributed by atoms with E-state index in [1.165, 1.54) is 5.69 Å². The van der Waals surface area contributed by atoms with E-state index >= 15 is 0 Å². The molecule has 1 aromatic rings. The highest BCUT2D eigenvalue weighted by atomic mass is 16.5. The van der Waals surface area contributed by atoms with Gasteiger partial charge in [0.2, 0.25) is 0 Å². The number of morpholine rings is 1. The fourth-order valence-electron chi connectivity index (χ4n) is 2.35. The van der Waals surface area contributed by atoms with Crippen molar-refractivity contribution in [2.75, 3.05) is 26.3 Å². The molecule has 2 rings (SSSR count). The molecule has 0 radical (unpaired) electrons. The number of nitrogens with zero attached hydrogens (tertiary/aromatic N) is 2. The minimum atomic E-state index is -0.240. The van der Waals surface area contributed by atoms with Crippen molar-refractivity contribution in [2.45, 2.75) is 25.5 Å². The average molecular weight is 238 g/mol. The maximum absolute atomic E-state index is 9.81. The van der Waals surface area contributed by atoms with Gasteiger partial charge in [0.05, 0.1) is 25.4 Å². The third-order valence-electron chi connectivity index (χ3n) is 3.48. The molecule has 0 unspecified atom stereocenters. The van der Waals surface area contributed by atoms with Crippen molar-refractivity contribution >= 4 is 0 Å². The monoisotopic (exact) mass is 238 g/mol. The Kier molecular flexibility index (Phi) is 4.20. The van der Waals surface area contributed by atoms with Gasteiger partial charge in [-0.2, -0.15) is 0 Å². The molecule has 0 saturated carbocycles. The Morgan fingerprint density at radius 1 is 1.59 bits per heavy atom. The van der Waals surface area contributed by atoms with E-state index in [1.807, 2.05) is 6.92 Å². The number of ether oxygens (including phenoxy) is 1. The average Bonchev–Trinajstić information content (AvgIpc) is 2.76. The highest BCUT2D eigenvalue weighted by Gasteiger charge is 2.27. The molecule has 1 aromatic heterocycles. The number of aryl methyl sites for hydroxylation is 1. The molecule has 0 aliphatic carbocycles. The van der Waals surface area contributed by atoms with Crippen LogP contribution in [0.5, 0.6) is 0 Å². The van der Waals surface area contributed by atoms with Crippen LogP contribution in [0.4, 0.5) is 0 Å². The van der Waals surface area contributed by atoms with Crippen molar-refractivity contribution in [3.63, 3.8) is 0 Å². The van der Waals surface area contributed by atoms with E-state index in [1.54, 1.807) is 0 Å². The lowest BCUT2D eigenvalue weighted by Crippen LogP contribution is -2.43. The van der Waals surface area contributed by atoms with Crippen LogP contribution < -0.4 is 0 Å². The van der Waals surface area contributed by atoms with Crippen molar-refractivity contribution in [3.8, 4) is 0 Å². The lowest BCUT2D eigenvalue weighted by molar-refractivity contribution is -0.0300. The summed E-state index contributed by atoms with van der Waals surface area (Å²) in [6.45, 7) is 5.12. The normalized spacial score (nSPS) is 23.8. The lowest BCUT2D eigenvalue weighted by atomic mass is 10.1. The molecule has 1 aliphatic rings. The minimum Gasteiger partial charge on any atom is -0.392 e. The van der Waals surface area contributed by atoms with Gasteiger partial charge in [-0.25, -0.2) is 0 Å². The number of aromatic nitrogens is 1. The molecule has 0 bridgehead atoms. The summed E-state index contributed by atoms with van der Waals surface area (Å²) in [6.07, 6.45) is 2.62. The van der Waals surface area contributed by atoms with Gasteiger partial charge in [0.1, 0.15) is 0 Å². The summed E-state index contributed by atoms with van der Waals surface area (Å²) in [5, 5.41) is 9.81. The molecule has 4 heteroatoms. The summed E-state index contributed by atoms with van der Waals surface area (Å²) in [7, 11) is 2.05. The first-order valence-corrected chi connectivity index (χ1v) is 6.33. The summed E-state index contributed by atoms with van der Waals surface area (Å²) in [6, 6.07) is 4.45. The fraction of sp³-hybridized carbons (Fsp3) is 0.692. The Bertz CT molecular complexity index is 351. The second kappa shape index (κ2) is 5.67. The Hall–Kier alpha value is -0.840. The van der Waals surface area contributed by atoms with Gasteiger partial charge in [-0.15, -0.1) is 0 Å². The summed E-state index contributed by atoms with van der Waals surface area (Å²) in [4.78, 5) is 2.33. The first kappa shape index (κ1) is 12.6. The lowest BCUT2D eigenvalue weighted by Gasteiger charge is -2.36. The minimum absolute atomic E-state index is 0.240. The Morgan fingerprint density at radius 2 is 2.41 bits per heavy atom. The van der Waals surface area contributed by atoms with Crippen LogP contribution in [-0.4, -0.2) is 47.0 Å². The Morgan fingerprint density at radius 3 is 3.06 bits per heavy atom. The first-order valence-electron chi connectivity index (χ1n) is 6.33. The third-order valence-corrected chi connectivity index (χ3v) is 3.48. The van der Waals surface area contributed by atoms with E-state index in [-0.39, 0.29) is 12.1 Å². The standard InChI is InChI=1S/C13H22N2O2/c1-3-11(16)9-15-7-8-17-10-13(15)12-5-4-6-14(12)2/h4-6,11,13,16H,3,7-10H2,1-2H3/t11-,13+/m1/s1. The fourth-order valence-corrected chi connectivity index (χ4v) is 2.35. The van der Waals surface area contributed by atoms with Crippen LogP contribution in [0, 0.1) is 0 Å². The molecule has 2 heterocycles. The zero-order valence-corrected chi connectivity index (χ0v) is 10.7. The second-order valence-electron chi connectivity index (χ2n) is 4.69. The number of aliphatic hydroxyl groups excluding tert-OH is 1. The molecule has 2 atom stereocenters. The van der Waals surface area contributed by atoms with E-state index < -0.39 is 0 Å². The molecule has 1 N–H and O–H groups in total. The van der Waals surface area contributed by atoms with E-state index in [9.17, 15) is 5.11 Å². The molecular weight excluding hydrogens is 216 g/mol. The van der Waals surface area contributed by atoms with Crippen LogP contribution >= 0.6 is 0 Å². The first-order chi connectivity index (χ1) is 8.22. The molecule has 17 heavy (non-hydrogen) atoms. The molecule has 0 aromatic carbocycles.